The van der Waals surface area contributed by atoms with Crippen molar-refractivity contribution in [3.8, 4) is 0 Å². The van der Waals surface area contributed by atoms with Crippen LogP contribution in [0.4, 0.5) is 0 Å². The number of ether oxygens (including phenoxy) is 1. The largest absolute Gasteiger partial charge is 0.394 e. The number of aliphatic hydroxyl groups excluding tert-OH is 1. The van der Waals surface area contributed by atoms with Gasteiger partial charge in [-0.3, -0.25) is 9.69 Å². The third-order valence-corrected chi connectivity index (χ3v) is 3.79. The molecule has 108 valence electrons. The third kappa shape index (κ3) is 3.78. The molecule has 2 unspecified atom stereocenters. The van der Waals surface area contributed by atoms with E-state index in [-0.39, 0.29) is 24.7 Å². The van der Waals surface area contributed by atoms with Gasteiger partial charge in [0, 0.05) is 25.8 Å². The molecule has 5 nitrogen and oxygen atoms in total. The van der Waals surface area contributed by atoms with Gasteiger partial charge in [-0.1, -0.05) is 6.08 Å². The molecule has 1 fully saturated rings. The second kappa shape index (κ2) is 6.50. The summed E-state index contributed by atoms with van der Waals surface area (Å²) in [6, 6.07) is 0. The molecular formula is C14H24N2O3. The van der Waals surface area contributed by atoms with Crippen LogP contribution in [0.15, 0.2) is 11.8 Å². The van der Waals surface area contributed by atoms with Crippen LogP contribution < -0.4 is 0 Å². The Morgan fingerprint density at radius 2 is 2.37 bits per heavy atom. The lowest BCUT2D eigenvalue weighted by Crippen LogP contribution is -2.51. The zero-order valence-electron chi connectivity index (χ0n) is 11.8. The molecule has 2 atom stereocenters. The van der Waals surface area contributed by atoms with Gasteiger partial charge in [0.05, 0.1) is 25.4 Å². The standard InChI is InChI=1S/C14H24N2O3/c1-11-7-16(8-13(10-17)19-11)9-14(18)15(2)12-5-3-4-6-12/h5,11,13,17H,3-4,6-10H2,1-2H3. The van der Waals surface area contributed by atoms with Crippen LogP contribution in [0.2, 0.25) is 0 Å². The van der Waals surface area contributed by atoms with E-state index >= 15 is 0 Å². The smallest absolute Gasteiger partial charge is 0.240 e. The van der Waals surface area contributed by atoms with Crippen LogP contribution >= 0.6 is 0 Å². The molecule has 0 bridgehead atoms. The molecule has 1 saturated heterocycles. The first-order valence-electron chi connectivity index (χ1n) is 7.04. The number of aliphatic hydroxyl groups is 1. The number of morpholine rings is 1. The molecule has 2 rings (SSSR count). The Hall–Kier alpha value is -0.910. The molecule has 1 aliphatic carbocycles. The van der Waals surface area contributed by atoms with Crippen LogP contribution in [0.1, 0.15) is 26.2 Å². The summed E-state index contributed by atoms with van der Waals surface area (Å²) in [5.41, 5.74) is 1.14. The van der Waals surface area contributed by atoms with Crippen LogP contribution in [0, 0.1) is 0 Å². The Kier molecular flexibility index (Phi) is 4.96. The van der Waals surface area contributed by atoms with Gasteiger partial charge in [0.1, 0.15) is 0 Å². The van der Waals surface area contributed by atoms with Crippen LogP contribution in [-0.4, -0.2) is 66.3 Å². The van der Waals surface area contributed by atoms with Gasteiger partial charge in [-0.15, -0.1) is 0 Å². The first-order valence-corrected chi connectivity index (χ1v) is 7.04. The van der Waals surface area contributed by atoms with E-state index in [0.717, 1.165) is 31.5 Å². The molecule has 0 spiro atoms. The van der Waals surface area contributed by atoms with Crippen molar-refractivity contribution < 1.29 is 14.6 Å². The highest BCUT2D eigenvalue weighted by Crippen LogP contribution is 2.20. The molecule has 19 heavy (non-hydrogen) atoms. The lowest BCUT2D eigenvalue weighted by molar-refractivity contribution is -0.135. The van der Waals surface area contributed by atoms with Gasteiger partial charge in [-0.2, -0.15) is 0 Å². The maximum atomic E-state index is 12.2. The van der Waals surface area contributed by atoms with E-state index in [1.54, 1.807) is 4.90 Å². The number of hydrogen-bond donors (Lipinski definition) is 1. The predicted octanol–water partition coefficient (Wildman–Crippen LogP) is 0.594. The summed E-state index contributed by atoms with van der Waals surface area (Å²) in [6.07, 6.45) is 5.27. The number of nitrogens with zero attached hydrogens (tertiary/aromatic N) is 2. The zero-order valence-corrected chi connectivity index (χ0v) is 11.8. The van der Waals surface area contributed by atoms with Crippen LogP contribution in [0.25, 0.3) is 0 Å². The molecule has 5 heteroatoms. The molecule has 0 aromatic rings. The second-order valence-electron chi connectivity index (χ2n) is 5.49. The quantitative estimate of drug-likeness (QED) is 0.811. The molecule has 0 radical (unpaired) electrons. The van der Waals surface area contributed by atoms with Crippen molar-refractivity contribution in [1.82, 2.24) is 9.80 Å². The molecule has 2 aliphatic rings. The van der Waals surface area contributed by atoms with Gasteiger partial charge < -0.3 is 14.7 Å². The predicted molar refractivity (Wildman–Crippen MR) is 72.6 cm³/mol. The molecule has 1 amide bonds. The van der Waals surface area contributed by atoms with Gasteiger partial charge in [0.15, 0.2) is 0 Å². The Bertz CT molecular complexity index is 357. The second-order valence-corrected chi connectivity index (χ2v) is 5.49. The normalized spacial score (nSPS) is 28.3. The molecule has 0 aromatic carbocycles. The van der Waals surface area contributed by atoms with E-state index in [2.05, 4.69) is 11.0 Å². The van der Waals surface area contributed by atoms with Crippen molar-refractivity contribution in [2.45, 2.75) is 38.4 Å². The number of allylic oxidation sites excluding steroid dienone is 2. The fraction of sp³-hybridized carbons (Fsp3) is 0.786. The highest BCUT2D eigenvalue weighted by molar-refractivity contribution is 5.79. The average molecular weight is 268 g/mol. The summed E-state index contributed by atoms with van der Waals surface area (Å²) >= 11 is 0. The average Bonchev–Trinajstić information content (AvgIpc) is 2.90. The summed E-state index contributed by atoms with van der Waals surface area (Å²) in [5.74, 6) is 0.124. The molecule has 1 N–H and O–H groups in total. The Balaban J connectivity index is 1.87. The van der Waals surface area contributed by atoms with Crippen molar-refractivity contribution in [2.75, 3.05) is 33.3 Å². The summed E-state index contributed by atoms with van der Waals surface area (Å²) in [5, 5.41) is 9.19. The number of likely N-dealkylation sites (N-methyl/N-ethyl adjacent to an activating group) is 1. The minimum atomic E-state index is -0.174. The van der Waals surface area contributed by atoms with Crippen molar-refractivity contribution in [3.05, 3.63) is 11.8 Å². The van der Waals surface area contributed by atoms with Crippen molar-refractivity contribution in [3.63, 3.8) is 0 Å². The summed E-state index contributed by atoms with van der Waals surface area (Å²) < 4.78 is 5.58. The molecule has 1 heterocycles. The van der Waals surface area contributed by atoms with E-state index < -0.39 is 0 Å². The first-order chi connectivity index (χ1) is 9.10. The summed E-state index contributed by atoms with van der Waals surface area (Å²) in [4.78, 5) is 16.1. The number of rotatable bonds is 4. The monoisotopic (exact) mass is 268 g/mol. The Morgan fingerprint density at radius 3 is 3.00 bits per heavy atom. The zero-order chi connectivity index (χ0) is 13.8. The lowest BCUT2D eigenvalue weighted by Gasteiger charge is -2.36. The number of amides is 1. The van der Waals surface area contributed by atoms with Gasteiger partial charge in [-0.05, 0) is 26.2 Å². The highest BCUT2D eigenvalue weighted by atomic mass is 16.5. The van der Waals surface area contributed by atoms with E-state index in [1.807, 2.05) is 14.0 Å². The SMILES string of the molecule is CC1CN(CC(=O)N(C)C2=CCCC2)CC(CO)O1. The maximum Gasteiger partial charge on any atom is 0.240 e. The molecule has 0 aromatic heterocycles. The van der Waals surface area contributed by atoms with E-state index in [4.69, 9.17) is 4.74 Å². The van der Waals surface area contributed by atoms with E-state index in [1.165, 1.54) is 0 Å². The number of carbonyl (C=O) groups is 1. The minimum absolute atomic E-state index is 0.00994. The minimum Gasteiger partial charge on any atom is -0.394 e. The van der Waals surface area contributed by atoms with Crippen molar-refractivity contribution in [2.24, 2.45) is 0 Å². The van der Waals surface area contributed by atoms with Crippen LogP contribution in [0.5, 0.6) is 0 Å². The lowest BCUT2D eigenvalue weighted by atomic mass is 10.2. The molecular weight excluding hydrogens is 244 g/mol. The number of carbonyl (C=O) groups excluding carboxylic acids is 1. The van der Waals surface area contributed by atoms with Gasteiger partial charge >= 0.3 is 0 Å². The highest BCUT2D eigenvalue weighted by Gasteiger charge is 2.27. The van der Waals surface area contributed by atoms with Crippen LogP contribution in [0.3, 0.4) is 0 Å². The molecule has 0 saturated carbocycles. The summed E-state index contributed by atoms with van der Waals surface area (Å²) in [6.45, 7) is 3.76. The van der Waals surface area contributed by atoms with Crippen molar-refractivity contribution >= 4 is 5.91 Å². The van der Waals surface area contributed by atoms with Gasteiger partial charge in [0.25, 0.3) is 0 Å². The first kappa shape index (κ1) is 14.5. The molecule has 1 aliphatic heterocycles. The van der Waals surface area contributed by atoms with Crippen LogP contribution in [-0.2, 0) is 9.53 Å². The Labute approximate surface area is 114 Å². The topological polar surface area (TPSA) is 53.0 Å². The maximum absolute atomic E-state index is 12.2. The van der Waals surface area contributed by atoms with Crippen molar-refractivity contribution in [1.29, 1.82) is 0 Å². The summed E-state index contributed by atoms with van der Waals surface area (Å²) in [7, 11) is 1.85. The fourth-order valence-electron chi connectivity index (χ4n) is 2.79. The Morgan fingerprint density at radius 1 is 1.58 bits per heavy atom. The van der Waals surface area contributed by atoms with Gasteiger partial charge in [-0.25, -0.2) is 0 Å². The van der Waals surface area contributed by atoms with E-state index in [9.17, 15) is 9.90 Å². The third-order valence-electron chi connectivity index (χ3n) is 3.79. The van der Waals surface area contributed by atoms with Gasteiger partial charge in [0.2, 0.25) is 5.91 Å². The van der Waals surface area contributed by atoms with E-state index in [0.29, 0.717) is 13.1 Å². The fourth-order valence-corrected chi connectivity index (χ4v) is 2.79. The number of hydrogen-bond acceptors (Lipinski definition) is 4.